The molecule has 2 aromatic carbocycles. The lowest BCUT2D eigenvalue weighted by Gasteiger charge is -2.30. The average molecular weight is 435 g/mol. The molecule has 162 valence electrons. The number of rotatable bonds is 9. The maximum absolute atomic E-state index is 13.0. The Kier molecular flexibility index (Phi) is 7.82. The summed E-state index contributed by atoms with van der Waals surface area (Å²) in [6.07, 6.45) is 1.29. The Hall–Kier alpha value is -3.07. The van der Waals surface area contributed by atoms with Gasteiger partial charge in [0.25, 0.3) is 0 Å². The molecule has 1 N–H and O–H groups in total. The lowest BCUT2D eigenvalue weighted by Crippen LogP contribution is -2.47. The monoisotopic (exact) mass is 434 g/mol. The third-order valence-electron chi connectivity index (χ3n) is 4.30. The van der Waals surface area contributed by atoms with Crippen molar-refractivity contribution in [3.63, 3.8) is 0 Å². The van der Waals surface area contributed by atoms with Crippen LogP contribution in [0.3, 0.4) is 0 Å². The minimum Gasteiger partial charge on any atom is -0.497 e. The van der Waals surface area contributed by atoms with E-state index in [-0.39, 0.29) is 18.6 Å². The number of ether oxygens (including phenoxy) is 2. The third kappa shape index (κ3) is 5.73. The molecule has 0 heterocycles. The van der Waals surface area contributed by atoms with Crippen LogP contribution in [-0.4, -0.2) is 46.3 Å². The van der Waals surface area contributed by atoms with E-state index in [2.05, 4.69) is 5.32 Å². The van der Waals surface area contributed by atoms with Crippen molar-refractivity contribution in [2.24, 2.45) is 0 Å². The fraction of sp³-hybridized carbons (Fsp3) is 0.333. The first-order valence-electron chi connectivity index (χ1n) is 9.42. The molecule has 0 saturated carbocycles. The molecular weight excluding hydrogens is 408 g/mol. The summed E-state index contributed by atoms with van der Waals surface area (Å²) >= 11 is 0. The summed E-state index contributed by atoms with van der Waals surface area (Å²) in [5.41, 5.74) is 1.01. The molecule has 0 aliphatic heterocycles. The Morgan fingerprint density at radius 1 is 1.10 bits per heavy atom. The number of carbonyl (C=O) groups excluding carboxylic acids is 2. The second kappa shape index (κ2) is 10.1. The topological polar surface area (TPSA) is 102 Å². The molecule has 0 aliphatic rings. The van der Waals surface area contributed by atoms with Gasteiger partial charge in [0, 0.05) is 5.69 Å². The van der Waals surface area contributed by atoms with E-state index in [0.717, 1.165) is 10.6 Å². The summed E-state index contributed by atoms with van der Waals surface area (Å²) in [5, 5.41) is 2.70. The highest BCUT2D eigenvalue weighted by atomic mass is 32.2. The maximum atomic E-state index is 13.0. The number of sulfonamides is 1. The van der Waals surface area contributed by atoms with Gasteiger partial charge in [-0.15, -0.1) is 0 Å². The molecule has 2 rings (SSSR count). The van der Waals surface area contributed by atoms with Crippen LogP contribution in [0.5, 0.6) is 5.75 Å². The fourth-order valence-electron chi connectivity index (χ4n) is 2.95. The number of nitrogens with zero attached hydrogens (tertiary/aromatic N) is 1. The normalized spacial score (nSPS) is 12.0. The summed E-state index contributed by atoms with van der Waals surface area (Å²) in [4.78, 5) is 24.9. The van der Waals surface area contributed by atoms with E-state index in [1.807, 2.05) is 0 Å². The molecule has 0 fully saturated rings. The summed E-state index contributed by atoms with van der Waals surface area (Å²) < 4.78 is 36.2. The molecule has 8 nitrogen and oxygen atoms in total. The van der Waals surface area contributed by atoms with Crippen LogP contribution < -0.4 is 14.4 Å². The Morgan fingerprint density at radius 3 is 2.30 bits per heavy atom. The van der Waals surface area contributed by atoms with E-state index < -0.39 is 27.9 Å². The van der Waals surface area contributed by atoms with E-state index in [9.17, 15) is 18.0 Å². The van der Waals surface area contributed by atoms with Crippen molar-refractivity contribution in [3.8, 4) is 5.75 Å². The molecule has 0 aromatic heterocycles. The van der Waals surface area contributed by atoms with Crippen molar-refractivity contribution in [1.82, 2.24) is 0 Å². The molecule has 2 aromatic rings. The first-order valence-corrected chi connectivity index (χ1v) is 11.3. The number of methoxy groups -OCH3 is 1. The number of hydrogen-bond acceptors (Lipinski definition) is 6. The molecule has 30 heavy (non-hydrogen) atoms. The van der Waals surface area contributed by atoms with Gasteiger partial charge in [0.1, 0.15) is 11.8 Å². The number of benzene rings is 2. The number of esters is 1. The Balaban J connectivity index is 2.32. The van der Waals surface area contributed by atoms with Crippen LogP contribution in [0.1, 0.15) is 30.6 Å². The van der Waals surface area contributed by atoms with Crippen LogP contribution in [0.15, 0.2) is 48.5 Å². The quantitative estimate of drug-likeness (QED) is 0.609. The predicted molar refractivity (Wildman–Crippen MR) is 115 cm³/mol. The SMILES string of the molecule is CCOC(=O)c1cccc(NC(=O)[C@@H](CC)N(c2ccc(OC)cc2)S(C)(=O)=O)c1. The minimum absolute atomic E-state index is 0.235. The molecule has 0 saturated heterocycles. The van der Waals surface area contributed by atoms with Gasteiger partial charge in [-0.1, -0.05) is 13.0 Å². The van der Waals surface area contributed by atoms with Gasteiger partial charge >= 0.3 is 5.97 Å². The molecule has 1 amide bonds. The van der Waals surface area contributed by atoms with Crippen LogP contribution in [0.2, 0.25) is 0 Å². The minimum atomic E-state index is -3.76. The zero-order valence-corrected chi connectivity index (χ0v) is 18.2. The van der Waals surface area contributed by atoms with Crippen molar-refractivity contribution in [2.75, 3.05) is 29.6 Å². The average Bonchev–Trinajstić information content (AvgIpc) is 2.71. The maximum Gasteiger partial charge on any atom is 0.338 e. The van der Waals surface area contributed by atoms with Crippen LogP contribution >= 0.6 is 0 Å². The van der Waals surface area contributed by atoms with Gasteiger partial charge in [-0.05, 0) is 55.8 Å². The summed E-state index contributed by atoms with van der Waals surface area (Å²) in [5.74, 6) is -0.447. The highest BCUT2D eigenvalue weighted by Crippen LogP contribution is 2.26. The molecule has 0 unspecified atom stereocenters. The van der Waals surface area contributed by atoms with Crippen LogP contribution in [0, 0.1) is 0 Å². The number of carbonyl (C=O) groups is 2. The van der Waals surface area contributed by atoms with Gasteiger partial charge in [0.05, 0.1) is 31.2 Å². The zero-order valence-electron chi connectivity index (χ0n) is 17.4. The Labute approximate surface area is 176 Å². The van der Waals surface area contributed by atoms with Crippen LogP contribution in [0.25, 0.3) is 0 Å². The molecular formula is C21H26N2O6S. The smallest absolute Gasteiger partial charge is 0.338 e. The predicted octanol–water partition coefficient (Wildman–Crippen LogP) is 3.06. The van der Waals surface area contributed by atoms with Crippen LogP contribution in [0.4, 0.5) is 11.4 Å². The number of anilines is 2. The number of hydrogen-bond donors (Lipinski definition) is 1. The number of amides is 1. The summed E-state index contributed by atoms with van der Waals surface area (Å²) in [7, 11) is -2.25. The summed E-state index contributed by atoms with van der Waals surface area (Å²) in [6.45, 7) is 3.66. The van der Waals surface area contributed by atoms with E-state index in [1.54, 1.807) is 56.3 Å². The molecule has 0 bridgehead atoms. The number of nitrogens with one attached hydrogen (secondary N) is 1. The van der Waals surface area contributed by atoms with Crippen molar-refractivity contribution >= 4 is 33.3 Å². The fourth-order valence-corrected chi connectivity index (χ4v) is 4.17. The first-order chi connectivity index (χ1) is 14.2. The second-order valence-electron chi connectivity index (χ2n) is 6.47. The molecule has 0 spiro atoms. The van der Waals surface area contributed by atoms with Gasteiger partial charge < -0.3 is 14.8 Å². The summed E-state index contributed by atoms with van der Waals surface area (Å²) in [6, 6.07) is 11.7. The van der Waals surface area contributed by atoms with E-state index >= 15 is 0 Å². The van der Waals surface area contributed by atoms with Crippen molar-refractivity contribution in [3.05, 3.63) is 54.1 Å². The van der Waals surface area contributed by atoms with Gasteiger partial charge in [-0.3, -0.25) is 9.10 Å². The third-order valence-corrected chi connectivity index (χ3v) is 5.48. The van der Waals surface area contributed by atoms with Gasteiger partial charge in [0.2, 0.25) is 15.9 Å². The Bertz CT molecular complexity index is 989. The van der Waals surface area contributed by atoms with Gasteiger partial charge in [-0.25, -0.2) is 13.2 Å². The van der Waals surface area contributed by atoms with Gasteiger partial charge in [0.15, 0.2) is 0 Å². The van der Waals surface area contributed by atoms with Crippen LogP contribution in [-0.2, 0) is 19.6 Å². The van der Waals surface area contributed by atoms with Crippen molar-refractivity contribution < 1.29 is 27.5 Å². The van der Waals surface area contributed by atoms with E-state index in [0.29, 0.717) is 17.1 Å². The van der Waals surface area contributed by atoms with Gasteiger partial charge in [-0.2, -0.15) is 0 Å². The largest absolute Gasteiger partial charge is 0.497 e. The first kappa shape index (κ1) is 23.2. The molecule has 0 radical (unpaired) electrons. The lowest BCUT2D eigenvalue weighted by atomic mass is 10.1. The molecule has 1 atom stereocenters. The van der Waals surface area contributed by atoms with E-state index in [1.165, 1.54) is 13.2 Å². The highest BCUT2D eigenvalue weighted by molar-refractivity contribution is 7.92. The molecule has 0 aliphatic carbocycles. The molecule has 9 heteroatoms. The lowest BCUT2D eigenvalue weighted by molar-refractivity contribution is -0.117. The highest BCUT2D eigenvalue weighted by Gasteiger charge is 2.31. The van der Waals surface area contributed by atoms with E-state index in [4.69, 9.17) is 9.47 Å². The van der Waals surface area contributed by atoms with Crippen molar-refractivity contribution in [2.45, 2.75) is 26.3 Å². The standard InChI is InChI=1S/C21H26N2O6S/c1-5-19(23(30(4,26)27)17-10-12-18(28-3)13-11-17)20(24)22-16-9-7-8-15(14-16)21(25)29-6-2/h7-14,19H,5-6H2,1-4H3,(H,22,24)/t19-/m1/s1. The second-order valence-corrected chi connectivity index (χ2v) is 8.33. The zero-order chi connectivity index (χ0) is 22.3. The Morgan fingerprint density at radius 2 is 1.77 bits per heavy atom. The van der Waals surface area contributed by atoms with Crippen molar-refractivity contribution in [1.29, 1.82) is 0 Å².